The number of rotatable bonds is 2. The minimum atomic E-state index is -2.81. The Hall–Kier alpha value is -1.39. The molecule has 0 amide bonds. The zero-order valence-electron chi connectivity index (χ0n) is 9.89. The molecule has 3 rings (SSSR count). The van der Waals surface area contributed by atoms with E-state index in [9.17, 15) is 14.6 Å². The van der Waals surface area contributed by atoms with Crippen molar-refractivity contribution in [1.29, 1.82) is 0 Å². The van der Waals surface area contributed by atoms with Crippen molar-refractivity contribution < 1.29 is 24.4 Å². The Morgan fingerprint density at radius 1 is 1.40 bits per heavy atom. The van der Waals surface area contributed by atoms with Crippen molar-refractivity contribution in [3.05, 3.63) is 17.8 Å². The molecule has 20 heavy (non-hydrogen) atoms. The summed E-state index contributed by atoms with van der Waals surface area (Å²) in [5.74, 6) is -2.81. The van der Waals surface area contributed by atoms with Crippen LogP contribution in [0, 0.1) is 0 Å². The average molecular weight is 305 g/mol. The van der Waals surface area contributed by atoms with Crippen LogP contribution in [0.2, 0.25) is 5.15 Å². The van der Waals surface area contributed by atoms with Gasteiger partial charge in [-0.25, -0.2) is 15.0 Å². The summed E-state index contributed by atoms with van der Waals surface area (Å²) in [7, 11) is 0. The molecular weight excluding hydrogens is 295 g/mol. The van der Waals surface area contributed by atoms with Crippen molar-refractivity contribution in [3.8, 4) is 0 Å². The molecule has 8 nitrogen and oxygen atoms in total. The quantitative estimate of drug-likeness (QED) is 0.621. The lowest BCUT2D eigenvalue weighted by atomic mass is 10.1. The molecule has 0 aromatic carbocycles. The van der Waals surface area contributed by atoms with E-state index >= 15 is 0 Å². The van der Waals surface area contributed by atoms with Crippen LogP contribution in [0.4, 0.5) is 4.39 Å². The summed E-state index contributed by atoms with van der Waals surface area (Å²) in [6.45, 7) is -0.647. The molecule has 0 bridgehead atoms. The molecule has 1 aliphatic rings. The van der Waals surface area contributed by atoms with E-state index in [-0.39, 0.29) is 16.3 Å². The van der Waals surface area contributed by atoms with E-state index in [1.165, 1.54) is 0 Å². The Morgan fingerprint density at radius 3 is 2.80 bits per heavy atom. The molecule has 0 spiro atoms. The van der Waals surface area contributed by atoms with Crippen LogP contribution in [0.5, 0.6) is 0 Å². The van der Waals surface area contributed by atoms with E-state index in [1.54, 1.807) is 0 Å². The van der Waals surface area contributed by atoms with Gasteiger partial charge >= 0.3 is 5.98 Å². The van der Waals surface area contributed by atoms with Crippen LogP contribution < -0.4 is 0 Å². The molecule has 2 aromatic heterocycles. The van der Waals surface area contributed by atoms with E-state index in [4.69, 9.17) is 21.4 Å². The van der Waals surface area contributed by atoms with Crippen LogP contribution in [0.25, 0.3) is 11.2 Å². The van der Waals surface area contributed by atoms with Crippen LogP contribution in [0.1, 0.15) is 0 Å². The molecule has 3 heterocycles. The number of hydrogen-bond donors (Lipinski definition) is 3. The number of imidazole rings is 1. The zero-order chi connectivity index (χ0) is 14.5. The van der Waals surface area contributed by atoms with Gasteiger partial charge in [-0.05, 0) is 0 Å². The largest absolute Gasteiger partial charge is 0.394 e. The lowest BCUT2D eigenvalue weighted by Gasteiger charge is -2.24. The predicted molar refractivity (Wildman–Crippen MR) is 63.4 cm³/mol. The number of ether oxygens (including phenoxy) is 1. The molecule has 3 N–H and O–H groups in total. The minimum Gasteiger partial charge on any atom is -0.394 e. The fourth-order valence-electron chi connectivity index (χ4n) is 2.14. The van der Waals surface area contributed by atoms with Gasteiger partial charge < -0.3 is 20.1 Å². The van der Waals surface area contributed by atoms with E-state index in [2.05, 4.69) is 15.0 Å². The first-order valence-corrected chi connectivity index (χ1v) is 6.04. The van der Waals surface area contributed by atoms with Gasteiger partial charge in [0.1, 0.15) is 30.4 Å². The van der Waals surface area contributed by atoms with E-state index in [0.717, 1.165) is 17.2 Å². The van der Waals surface area contributed by atoms with Crippen molar-refractivity contribution in [2.24, 2.45) is 0 Å². The smallest absolute Gasteiger partial charge is 0.325 e. The van der Waals surface area contributed by atoms with Crippen molar-refractivity contribution in [2.45, 2.75) is 24.3 Å². The maximum absolute atomic E-state index is 14.9. The second kappa shape index (κ2) is 4.57. The van der Waals surface area contributed by atoms with Gasteiger partial charge in [-0.3, -0.25) is 4.57 Å². The number of alkyl halides is 1. The number of aromatic nitrogens is 4. The fourth-order valence-corrected chi connectivity index (χ4v) is 2.32. The van der Waals surface area contributed by atoms with E-state index < -0.39 is 30.9 Å². The molecule has 0 radical (unpaired) electrons. The molecule has 4 atom stereocenters. The van der Waals surface area contributed by atoms with Gasteiger partial charge in [-0.15, -0.1) is 0 Å². The van der Waals surface area contributed by atoms with Crippen LogP contribution >= 0.6 is 11.6 Å². The van der Waals surface area contributed by atoms with Gasteiger partial charge in [-0.2, -0.15) is 4.39 Å². The predicted octanol–water partition coefficient (Wildman–Crippen LogP) is -0.828. The third kappa shape index (κ3) is 1.71. The lowest BCUT2D eigenvalue weighted by Crippen LogP contribution is -2.41. The molecule has 1 saturated heterocycles. The summed E-state index contributed by atoms with van der Waals surface area (Å²) in [6, 6.07) is 0. The topological polar surface area (TPSA) is 114 Å². The summed E-state index contributed by atoms with van der Waals surface area (Å²) in [5, 5.41) is 28.5. The van der Waals surface area contributed by atoms with Gasteiger partial charge in [0.2, 0.25) is 0 Å². The highest BCUT2D eigenvalue weighted by Crippen LogP contribution is 2.38. The first-order valence-electron chi connectivity index (χ1n) is 5.66. The number of nitrogens with zero attached hydrogens (tertiary/aromatic N) is 4. The molecule has 1 aliphatic heterocycles. The van der Waals surface area contributed by atoms with Gasteiger partial charge in [-0.1, -0.05) is 11.6 Å². The van der Waals surface area contributed by atoms with Crippen LogP contribution in [-0.4, -0.2) is 59.8 Å². The molecule has 1 unspecified atom stereocenters. The van der Waals surface area contributed by atoms with Crippen LogP contribution in [0.3, 0.4) is 0 Å². The van der Waals surface area contributed by atoms with Crippen molar-refractivity contribution in [1.82, 2.24) is 19.5 Å². The normalized spacial score (nSPS) is 34.0. The second-order valence-electron chi connectivity index (χ2n) is 4.33. The van der Waals surface area contributed by atoms with Crippen LogP contribution in [0.15, 0.2) is 12.7 Å². The van der Waals surface area contributed by atoms with E-state index in [1.807, 2.05) is 0 Å². The SMILES string of the molecule is OC[C@H]1OC(F)(n2cnc3c(Cl)ncnc32)[C@H](O)[C@@H]1O. The maximum Gasteiger partial charge on any atom is 0.325 e. The molecule has 2 aromatic rings. The molecule has 108 valence electrons. The number of halogens is 2. The van der Waals surface area contributed by atoms with Gasteiger partial charge in [0.15, 0.2) is 16.9 Å². The first kappa shape index (κ1) is 13.6. The number of hydrogen-bond acceptors (Lipinski definition) is 7. The monoisotopic (exact) mass is 304 g/mol. The molecule has 0 aliphatic carbocycles. The summed E-state index contributed by atoms with van der Waals surface area (Å²) in [4.78, 5) is 11.4. The van der Waals surface area contributed by atoms with Crippen LogP contribution in [-0.2, 0) is 10.7 Å². The minimum absolute atomic E-state index is 0.00246. The molecule has 0 saturated carbocycles. The highest BCUT2D eigenvalue weighted by atomic mass is 35.5. The van der Waals surface area contributed by atoms with Crippen molar-refractivity contribution >= 4 is 22.8 Å². The van der Waals surface area contributed by atoms with Gasteiger partial charge in [0, 0.05) is 0 Å². The maximum atomic E-state index is 14.9. The third-order valence-corrected chi connectivity index (χ3v) is 3.46. The molecule has 1 fully saturated rings. The first-order chi connectivity index (χ1) is 9.49. The van der Waals surface area contributed by atoms with E-state index in [0.29, 0.717) is 0 Å². The van der Waals surface area contributed by atoms with Crippen molar-refractivity contribution in [3.63, 3.8) is 0 Å². The van der Waals surface area contributed by atoms with Gasteiger partial charge in [0.25, 0.3) is 0 Å². The number of fused-ring (bicyclic) bond motifs is 1. The summed E-state index contributed by atoms with van der Waals surface area (Å²) in [6.07, 6.45) is -2.62. The second-order valence-corrected chi connectivity index (χ2v) is 4.69. The number of aliphatic hydroxyl groups excluding tert-OH is 3. The Bertz CT molecular complexity index is 655. The summed E-state index contributed by atoms with van der Waals surface area (Å²) >= 11 is 5.80. The van der Waals surface area contributed by atoms with Crippen molar-refractivity contribution in [2.75, 3.05) is 6.61 Å². The zero-order valence-corrected chi connectivity index (χ0v) is 10.6. The van der Waals surface area contributed by atoms with Gasteiger partial charge in [0.05, 0.1) is 6.61 Å². The molecule has 10 heteroatoms. The summed E-state index contributed by atoms with van der Waals surface area (Å²) in [5.41, 5.74) is 0.126. The standard InChI is InChI=1S/C10H10ClFN4O4/c11-8-5-9(14-2-13-8)16(3-15-5)10(12)7(19)6(18)4(1-17)20-10/h2-4,6-7,17-19H,1H2/t4-,6-,7-,10?/m1/s1. The average Bonchev–Trinajstić information content (AvgIpc) is 2.96. The fraction of sp³-hybridized carbons (Fsp3) is 0.500. The Balaban J connectivity index is 2.13. The third-order valence-electron chi connectivity index (χ3n) is 3.18. The Morgan fingerprint density at radius 2 is 2.15 bits per heavy atom. The Kier molecular flexibility index (Phi) is 3.10. The number of aliphatic hydroxyl groups is 3. The highest BCUT2D eigenvalue weighted by Gasteiger charge is 2.57. The Labute approximate surface area is 116 Å². The summed E-state index contributed by atoms with van der Waals surface area (Å²) < 4.78 is 20.6. The molecular formula is C10H10ClFN4O4. The lowest BCUT2D eigenvalue weighted by molar-refractivity contribution is -0.235. The highest BCUT2D eigenvalue weighted by molar-refractivity contribution is 6.33.